The number of hydrogen-bond acceptors (Lipinski definition) is 5. The zero-order valence-electron chi connectivity index (χ0n) is 10.2. The number of nitrogens with one attached hydrogen (secondary N) is 1. The van der Waals surface area contributed by atoms with Crippen LogP contribution in [-0.4, -0.2) is 40.4 Å². The van der Waals surface area contributed by atoms with Gasteiger partial charge in [-0.2, -0.15) is 0 Å². The van der Waals surface area contributed by atoms with Gasteiger partial charge in [0.05, 0.1) is 12.6 Å². The molecule has 0 radical (unpaired) electrons. The Kier molecular flexibility index (Phi) is 5.58. The van der Waals surface area contributed by atoms with Gasteiger partial charge < -0.3 is 20.4 Å². The van der Waals surface area contributed by atoms with Gasteiger partial charge in [0.1, 0.15) is 6.33 Å². The van der Waals surface area contributed by atoms with Crippen LogP contribution in [0.2, 0.25) is 0 Å². The number of rotatable bonds is 7. The van der Waals surface area contributed by atoms with E-state index in [4.69, 9.17) is 10.5 Å². The van der Waals surface area contributed by atoms with E-state index < -0.39 is 6.04 Å². The summed E-state index contributed by atoms with van der Waals surface area (Å²) in [5.74, 6) is 0.521. The van der Waals surface area contributed by atoms with Gasteiger partial charge in [0.25, 0.3) is 0 Å². The molecular weight excluding hydrogens is 222 g/mol. The van der Waals surface area contributed by atoms with E-state index in [1.165, 1.54) is 0 Å². The van der Waals surface area contributed by atoms with Crippen LogP contribution in [0.25, 0.3) is 0 Å². The van der Waals surface area contributed by atoms with Gasteiger partial charge in [-0.15, -0.1) is 10.2 Å². The molecule has 0 bridgehead atoms. The third-order valence-electron chi connectivity index (χ3n) is 2.43. The van der Waals surface area contributed by atoms with Crippen LogP contribution in [0.1, 0.15) is 19.2 Å². The van der Waals surface area contributed by atoms with Crippen LogP contribution in [0, 0.1) is 0 Å². The van der Waals surface area contributed by atoms with Gasteiger partial charge in [-0.1, -0.05) is 0 Å². The Labute approximate surface area is 100 Å². The number of carbonyl (C=O) groups excluding carboxylic acids is 1. The first-order valence-electron chi connectivity index (χ1n) is 5.58. The number of nitrogens with two attached hydrogens (primary N) is 1. The van der Waals surface area contributed by atoms with Crippen LogP contribution in [0.4, 0.5) is 0 Å². The predicted octanol–water partition coefficient (Wildman–Crippen LogP) is -0.722. The smallest absolute Gasteiger partial charge is 0.237 e. The molecule has 0 aliphatic carbocycles. The molecular formula is C10H19N5O2. The maximum absolute atomic E-state index is 11.6. The van der Waals surface area contributed by atoms with Crippen LogP contribution in [-0.2, 0) is 22.6 Å². The van der Waals surface area contributed by atoms with Crippen molar-refractivity contribution < 1.29 is 9.53 Å². The van der Waals surface area contributed by atoms with Crippen molar-refractivity contribution >= 4 is 5.91 Å². The largest absolute Gasteiger partial charge is 0.385 e. The molecule has 1 unspecified atom stereocenters. The fraction of sp³-hybridized carbons (Fsp3) is 0.700. The molecule has 7 nitrogen and oxygen atoms in total. The van der Waals surface area contributed by atoms with E-state index in [-0.39, 0.29) is 5.91 Å². The van der Waals surface area contributed by atoms with Crippen molar-refractivity contribution in [2.75, 3.05) is 13.7 Å². The number of aryl methyl sites for hydroxylation is 1. The second-order valence-corrected chi connectivity index (χ2v) is 3.64. The zero-order chi connectivity index (χ0) is 12.7. The van der Waals surface area contributed by atoms with Gasteiger partial charge in [0.15, 0.2) is 5.82 Å². The molecule has 7 heteroatoms. The van der Waals surface area contributed by atoms with E-state index in [1.54, 1.807) is 13.4 Å². The number of ether oxygens (including phenoxy) is 1. The van der Waals surface area contributed by atoms with Gasteiger partial charge in [-0.3, -0.25) is 4.79 Å². The normalized spacial score (nSPS) is 12.4. The zero-order valence-corrected chi connectivity index (χ0v) is 10.2. The average Bonchev–Trinajstić information content (AvgIpc) is 2.80. The molecule has 0 saturated carbocycles. The number of amides is 1. The first-order chi connectivity index (χ1) is 8.19. The molecule has 0 aliphatic heterocycles. The van der Waals surface area contributed by atoms with Gasteiger partial charge >= 0.3 is 0 Å². The standard InChI is InChI=1S/C10H19N5O2/c1-3-15-7-13-14-9(15)6-12-10(16)8(11)4-5-17-2/h7-8H,3-6,11H2,1-2H3,(H,12,16). The lowest BCUT2D eigenvalue weighted by atomic mass is 10.2. The quantitative estimate of drug-likeness (QED) is 0.656. The van der Waals surface area contributed by atoms with Crippen LogP contribution < -0.4 is 11.1 Å². The van der Waals surface area contributed by atoms with E-state index >= 15 is 0 Å². The summed E-state index contributed by atoms with van der Waals surface area (Å²) in [5, 5.41) is 10.4. The molecule has 0 saturated heterocycles. The van der Waals surface area contributed by atoms with E-state index in [0.717, 1.165) is 12.4 Å². The number of methoxy groups -OCH3 is 1. The molecule has 3 N–H and O–H groups in total. The molecule has 1 rings (SSSR count). The number of nitrogens with zero attached hydrogens (tertiary/aromatic N) is 3. The summed E-state index contributed by atoms with van der Waals surface area (Å²) in [6.07, 6.45) is 2.13. The van der Waals surface area contributed by atoms with E-state index in [1.807, 2.05) is 11.5 Å². The average molecular weight is 241 g/mol. The Morgan fingerprint density at radius 1 is 1.71 bits per heavy atom. The van der Waals surface area contributed by atoms with Crippen molar-refractivity contribution in [2.45, 2.75) is 32.5 Å². The summed E-state index contributed by atoms with van der Waals surface area (Å²) in [4.78, 5) is 11.6. The molecule has 0 spiro atoms. The summed E-state index contributed by atoms with van der Waals surface area (Å²) < 4.78 is 6.73. The fourth-order valence-corrected chi connectivity index (χ4v) is 1.35. The Morgan fingerprint density at radius 2 is 2.47 bits per heavy atom. The highest BCUT2D eigenvalue weighted by molar-refractivity contribution is 5.81. The monoisotopic (exact) mass is 241 g/mol. The number of hydrogen-bond donors (Lipinski definition) is 2. The molecule has 17 heavy (non-hydrogen) atoms. The lowest BCUT2D eigenvalue weighted by Crippen LogP contribution is -2.41. The van der Waals surface area contributed by atoms with Crippen molar-refractivity contribution in [1.82, 2.24) is 20.1 Å². The van der Waals surface area contributed by atoms with Crippen molar-refractivity contribution in [1.29, 1.82) is 0 Å². The minimum atomic E-state index is -0.548. The SMILES string of the molecule is CCn1cnnc1CNC(=O)C(N)CCOC. The van der Waals surface area contributed by atoms with Crippen LogP contribution >= 0.6 is 0 Å². The third kappa shape index (κ3) is 4.12. The summed E-state index contributed by atoms with van der Waals surface area (Å²) in [5.41, 5.74) is 5.68. The van der Waals surface area contributed by atoms with Gasteiger partial charge in [-0.25, -0.2) is 0 Å². The summed E-state index contributed by atoms with van der Waals surface area (Å²) >= 11 is 0. The maximum Gasteiger partial charge on any atom is 0.237 e. The van der Waals surface area contributed by atoms with E-state index in [9.17, 15) is 4.79 Å². The lowest BCUT2D eigenvalue weighted by Gasteiger charge is -2.11. The molecule has 96 valence electrons. The first-order valence-corrected chi connectivity index (χ1v) is 5.58. The molecule has 1 aromatic heterocycles. The van der Waals surface area contributed by atoms with Crippen LogP contribution in [0.15, 0.2) is 6.33 Å². The van der Waals surface area contributed by atoms with Crippen molar-refractivity contribution in [3.05, 3.63) is 12.2 Å². The fourth-order valence-electron chi connectivity index (χ4n) is 1.35. The second-order valence-electron chi connectivity index (χ2n) is 3.64. The summed E-state index contributed by atoms with van der Waals surface area (Å²) in [6, 6.07) is -0.548. The van der Waals surface area contributed by atoms with Gasteiger partial charge in [0.2, 0.25) is 5.91 Å². The Balaban J connectivity index is 2.37. The van der Waals surface area contributed by atoms with Gasteiger partial charge in [-0.05, 0) is 13.3 Å². The highest BCUT2D eigenvalue weighted by atomic mass is 16.5. The molecule has 0 fully saturated rings. The highest BCUT2D eigenvalue weighted by Gasteiger charge is 2.13. The van der Waals surface area contributed by atoms with E-state index in [0.29, 0.717) is 19.6 Å². The lowest BCUT2D eigenvalue weighted by molar-refractivity contribution is -0.122. The minimum absolute atomic E-state index is 0.201. The topological polar surface area (TPSA) is 95.1 Å². The highest BCUT2D eigenvalue weighted by Crippen LogP contribution is 1.95. The van der Waals surface area contributed by atoms with Crippen LogP contribution in [0.5, 0.6) is 0 Å². The van der Waals surface area contributed by atoms with Crippen LogP contribution in [0.3, 0.4) is 0 Å². The Bertz CT molecular complexity index is 352. The first kappa shape index (κ1) is 13.6. The minimum Gasteiger partial charge on any atom is -0.385 e. The summed E-state index contributed by atoms with van der Waals surface area (Å²) in [6.45, 7) is 3.57. The van der Waals surface area contributed by atoms with Crippen molar-refractivity contribution in [3.63, 3.8) is 0 Å². The Morgan fingerprint density at radius 3 is 3.12 bits per heavy atom. The molecule has 1 amide bonds. The second kappa shape index (κ2) is 6.97. The molecule has 1 heterocycles. The Hall–Kier alpha value is -1.47. The van der Waals surface area contributed by atoms with Gasteiger partial charge in [0, 0.05) is 20.3 Å². The molecule has 0 aliphatic rings. The maximum atomic E-state index is 11.6. The van der Waals surface area contributed by atoms with Crippen molar-refractivity contribution in [3.8, 4) is 0 Å². The molecule has 1 atom stereocenters. The molecule has 1 aromatic rings. The number of aromatic nitrogens is 3. The van der Waals surface area contributed by atoms with E-state index in [2.05, 4.69) is 15.5 Å². The number of carbonyl (C=O) groups is 1. The predicted molar refractivity (Wildman–Crippen MR) is 62.0 cm³/mol. The third-order valence-corrected chi connectivity index (χ3v) is 2.43. The molecule has 0 aromatic carbocycles. The van der Waals surface area contributed by atoms with Crippen molar-refractivity contribution in [2.24, 2.45) is 5.73 Å². The summed E-state index contributed by atoms with van der Waals surface area (Å²) in [7, 11) is 1.58.